The second kappa shape index (κ2) is 19.7. The van der Waals surface area contributed by atoms with Crippen molar-refractivity contribution < 1.29 is 9.53 Å². The zero-order valence-electron chi connectivity index (χ0n) is 19.7. The molecule has 2 nitrogen and oxygen atoms in total. The largest absolute Gasteiger partial charge is 0.462 e. The van der Waals surface area contributed by atoms with Crippen LogP contribution >= 0.6 is 0 Å². The highest BCUT2D eigenvalue weighted by Gasteiger charge is 2.21. The molecule has 0 aromatic rings. The van der Waals surface area contributed by atoms with Gasteiger partial charge in [-0.1, -0.05) is 96.1 Å². The molecular formula is C27H46O2. The first kappa shape index (κ1) is 27.4. The van der Waals surface area contributed by atoms with Gasteiger partial charge < -0.3 is 4.74 Å². The van der Waals surface area contributed by atoms with Crippen molar-refractivity contribution in [1.82, 2.24) is 0 Å². The van der Waals surface area contributed by atoms with Crippen LogP contribution in [0.2, 0.25) is 0 Å². The summed E-state index contributed by atoms with van der Waals surface area (Å²) in [5.41, 5.74) is 0. The normalized spacial score (nSPS) is 12.8. The number of ether oxygens (including phenoxy) is 1. The molecule has 166 valence electrons. The first-order valence-corrected chi connectivity index (χ1v) is 11.8. The van der Waals surface area contributed by atoms with Crippen molar-refractivity contribution in [2.24, 2.45) is 11.8 Å². The van der Waals surface area contributed by atoms with Crippen LogP contribution in [0.5, 0.6) is 0 Å². The fourth-order valence-electron chi connectivity index (χ4n) is 3.18. The molecule has 0 unspecified atom stereocenters. The molecule has 0 bridgehead atoms. The standard InChI is InChI=1S/C27H46O2/c1-6-7-8-9-10-11-12-13-14-15-16-17-18-19-20-21-22-23-26(28)29-27(24(2)3)25(4)5/h10-11,13-14,16-17,19-20,24-25,27H,6-9,12,15,18,21-23H2,1-5H3/b11-10-,14-13-,17-16-,20-19+. The maximum Gasteiger partial charge on any atom is 0.306 e. The Labute approximate surface area is 181 Å². The average molecular weight is 403 g/mol. The first-order valence-electron chi connectivity index (χ1n) is 11.8. The molecule has 0 N–H and O–H groups in total. The molecule has 0 saturated carbocycles. The predicted octanol–water partition coefficient (Wildman–Crippen LogP) is 8.36. The van der Waals surface area contributed by atoms with E-state index in [1.54, 1.807) is 0 Å². The van der Waals surface area contributed by atoms with Gasteiger partial charge in [-0.15, -0.1) is 0 Å². The van der Waals surface area contributed by atoms with Crippen LogP contribution in [0.25, 0.3) is 0 Å². The predicted molar refractivity (Wildman–Crippen MR) is 128 cm³/mol. The van der Waals surface area contributed by atoms with Gasteiger partial charge >= 0.3 is 5.97 Å². The molecule has 0 aliphatic rings. The Morgan fingerprint density at radius 3 is 1.59 bits per heavy atom. The third-order valence-electron chi connectivity index (χ3n) is 4.79. The van der Waals surface area contributed by atoms with E-state index in [9.17, 15) is 4.79 Å². The number of carbonyl (C=O) groups is 1. The second-order valence-electron chi connectivity index (χ2n) is 8.42. The average Bonchev–Trinajstić information content (AvgIpc) is 2.68. The zero-order valence-corrected chi connectivity index (χ0v) is 19.7. The van der Waals surface area contributed by atoms with E-state index in [4.69, 9.17) is 4.74 Å². The van der Waals surface area contributed by atoms with Crippen molar-refractivity contribution in [1.29, 1.82) is 0 Å². The number of allylic oxidation sites excluding steroid dienone is 8. The van der Waals surface area contributed by atoms with E-state index in [0.717, 1.165) is 32.1 Å². The quantitative estimate of drug-likeness (QED) is 0.139. The molecule has 0 atom stereocenters. The Kier molecular flexibility index (Phi) is 18.7. The van der Waals surface area contributed by atoms with Gasteiger partial charge in [0.05, 0.1) is 0 Å². The van der Waals surface area contributed by atoms with Crippen molar-refractivity contribution in [3.63, 3.8) is 0 Å². The highest BCUT2D eigenvalue weighted by atomic mass is 16.5. The summed E-state index contributed by atoms with van der Waals surface area (Å²) in [6.45, 7) is 10.7. The summed E-state index contributed by atoms with van der Waals surface area (Å²) in [4.78, 5) is 12.0. The van der Waals surface area contributed by atoms with Gasteiger partial charge in [-0.2, -0.15) is 0 Å². The summed E-state index contributed by atoms with van der Waals surface area (Å²) in [6, 6.07) is 0. The summed E-state index contributed by atoms with van der Waals surface area (Å²) >= 11 is 0. The molecule has 0 aliphatic carbocycles. The second-order valence-corrected chi connectivity index (χ2v) is 8.42. The number of carbonyl (C=O) groups excluding carboxylic acids is 1. The van der Waals surface area contributed by atoms with Gasteiger partial charge in [0.15, 0.2) is 0 Å². The molecule has 0 fully saturated rings. The third-order valence-corrected chi connectivity index (χ3v) is 4.79. The lowest BCUT2D eigenvalue weighted by Gasteiger charge is -2.24. The van der Waals surface area contributed by atoms with Crippen molar-refractivity contribution in [2.75, 3.05) is 0 Å². The molecule has 0 aromatic carbocycles. The minimum Gasteiger partial charge on any atom is -0.462 e. The summed E-state index contributed by atoms with van der Waals surface area (Å²) in [5.74, 6) is 0.674. The Morgan fingerprint density at radius 1 is 0.690 bits per heavy atom. The van der Waals surface area contributed by atoms with Gasteiger partial charge in [0.2, 0.25) is 0 Å². The van der Waals surface area contributed by atoms with Crippen LogP contribution in [0.15, 0.2) is 48.6 Å². The van der Waals surface area contributed by atoms with Gasteiger partial charge in [0, 0.05) is 6.42 Å². The molecule has 0 spiro atoms. The van der Waals surface area contributed by atoms with Crippen LogP contribution in [-0.2, 0) is 9.53 Å². The van der Waals surface area contributed by atoms with Gasteiger partial charge in [0.25, 0.3) is 0 Å². The van der Waals surface area contributed by atoms with Crippen LogP contribution in [0.3, 0.4) is 0 Å². The summed E-state index contributed by atoms with van der Waals surface area (Å²) in [7, 11) is 0. The van der Waals surface area contributed by atoms with Crippen LogP contribution in [0, 0.1) is 11.8 Å². The van der Waals surface area contributed by atoms with Crippen LogP contribution < -0.4 is 0 Å². The molecule has 0 radical (unpaired) electrons. The maximum absolute atomic E-state index is 12.0. The topological polar surface area (TPSA) is 26.3 Å². The van der Waals surface area contributed by atoms with Gasteiger partial charge in [0.1, 0.15) is 6.10 Å². The lowest BCUT2D eigenvalue weighted by Crippen LogP contribution is -2.28. The van der Waals surface area contributed by atoms with E-state index in [1.807, 2.05) is 0 Å². The minimum absolute atomic E-state index is 0.0269. The molecule has 0 aromatic heterocycles. The van der Waals surface area contributed by atoms with Gasteiger partial charge in [-0.25, -0.2) is 0 Å². The first-order chi connectivity index (χ1) is 14.0. The van der Waals surface area contributed by atoms with Crippen molar-refractivity contribution in [3.8, 4) is 0 Å². The maximum atomic E-state index is 12.0. The number of unbranched alkanes of at least 4 members (excludes halogenated alkanes) is 4. The van der Waals surface area contributed by atoms with E-state index >= 15 is 0 Å². The van der Waals surface area contributed by atoms with Crippen molar-refractivity contribution in [2.45, 2.75) is 105 Å². The van der Waals surface area contributed by atoms with E-state index in [-0.39, 0.29) is 12.1 Å². The summed E-state index contributed by atoms with van der Waals surface area (Å²) in [5, 5.41) is 0. The highest BCUT2D eigenvalue weighted by Crippen LogP contribution is 2.17. The van der Waals surface area contributed by atoms with Crippen molar-refractivity contribution >= 4 is 5.97 Å². The zero-order chi connectivity index (χ0) is 21.7. The van der Waals surface area contributed by atoms with E-state index in [2.05, 4.69) is 83.2 Å². The molecule has 0 saturated heterocycles. The smallest absolute Gasteiger partial charge is 0.306 e. The monoisotopic (exact) mass is 402 g/mol. The Balaban J connectivity index is 3.68. The van der Waals surface area contributed by atoms with E-state index < -0.39 is 0 Å². The lowest BCUT2D eigenvalue weighted by atomic mass is 9.96. The molecule has 0 heterocycles. The Hall–Kier alpha value is -1.57. The number of esters is 1. The fraction of sp³-hybridized carbons (Fsp3) is 0.667. The third kappa shape index (κ3) is 18.2. The minimum atomic E-state index is -0.0618. The number of hydrogen-bond donors (Lipinski definition) is 0. The summed E-state index contributed by atoms with van der Waals surface area (Å²) < 4.78 is 5.62. The SMILES string of the molecule is CCCCC/C=C\C/C=C\C/C=C\C/C=C/CCCC(=O)OC(C(C)C)C(C)C. The molecule has 29 heavy (non-hydrogen) atoms. The van der Waals surface area contributed by atoms with Crippen LogP contribution in [-0.4, -0.2) is 12.1 Å². The molecular weight excluding hydrogens is 356 g/mol. The molecule has 2 heteroatoms. The van der Waals surface area contributed by atoms with Crippen LogP contribution in [0.1, 0.15) is 98.8 Å². The lowest BCUT2D eigenvalue weighted by molar-refractivity contribution is -0.154. The van der Waals surface area contributed by atoms with E-state index in [0.29, 0.717) is 18.3 Å². The summed E-state index contributed by atoms with van der Waals surface area (Å²) in [6.07, 6.45) is 28.2. The van der Waals surface area contributed by atoms with Gasteiger partial charge in [-0.05, 0) is 56.8 Å². The number of hydrogen-bond acceptors (Lipinski definition) is 2. The Bertz CT molecular complexity index is 487. The van der Waals surface area contributed by atoms with Crippen molar-refractivity contribution in [3.05, 3.63) is 48.6 Å². The number of rotatable bonds is 17. The van der Waals surface area contributed by atoms with E-state index in [1.165, 1.54) is 25.7 Å². The molecule has 0 rings (SSSR count). The van der Waals surface area contributed by atoms with Crippen LogP contribution in [0.4, 0.5) is 0 Å². The van der Waals surface area contributed by atoms with Gasteiger partial charge in [-0.3, -0.25) is 4.79 Å². The Morgan fingerprint density at radius 2 is 1.14 bits per heavy atom. The fourth-order valence-corrected chi connectivity index (χ4v) is 3.18. The molecule has 0 aliphatic heterocycles. The highest BCUT2D eigenvalue weighted by molar-refractivity contribution is 5.69. The molecule has 0 amide bonds.